The van der Waals surface area contributed by atoms with E-state index in [-0.39, 0.29) is 5.78 Å². The van der Waals surface area contributed by atoms with Crippen LogP contribution in [-0.2, 0) is 6.61 Å². The van der Waals surface area contributed by atoms with Crippen molar-refractivity contribution in [2.24, 2.45) is 0 Å². The van der Waals surface area contributed by atoms with Crippen molar-refractivity contribution >= 4 is 23.6 Å². The maximum Gasteiger partial charge on any atom is 0.200 e. The topological polar surface area (TPSA) is 54.0 Å². The van der Waals surface area contributed by atoms with Gasteiger partial charge in [-0.1, -0.05) is 30.0 Å². The van der Waals surface area contributed by atoms with Gasteiger partial charge in [-0.2, -0.15) is 0 Å². The minimum absolute atomic E-state index is 0.0463. The minimum atomic E-state index is 0.0463. The van der Waals surface area contributed by atoms with Crippen LogP contribution in [0.15, 0.2) is 70.5 Å². The Bertz CT molecular complexity index is 1150. The number of hydrogen-bond acceptors (Lipinski definition) is 6. The highest BCUT2D eigenvalue weighted by molar-refractivity contribution is 8.04. The highest BCUT2D eigenvalue weighted by Gasteiger charge is 2.25. The van der Waals surface area contributed by atoms with Crippen LogP contribution < -0.4 is 18.9 Å². The number of methoxy groups -OCH3 is 3. The van der Waals surface area contributed by atoms with Gasteiger partial charge in [-0.3, -0.25) is 4.79 Å². The largest absolute Gasteiger partial charge is 0.497 e. The van der Waals surface area contributed by atoms with Gasteiger partial charge in [0.15, 0.2) is 11.5 Å². The van der Waals surface area contributed by atoms with Gasteiger partial charge in [0.25, 0.3) is 0 Å². The van der Waals surface area contributed by atoms with Gasteiger partial charge in [-0.15, -0.1) is 0 Å². The van der Waals surface area contributed by atoms with Crippen molar-refractivity contribution in [3.63, 3.8) is 0 Å². The molecule has 1 heterocycles. The third-order valence-electron chi connectivity index (χ3n) is 4.93. The Morgan fingerprint density at radius 2 is 1.61 bits per heavy atom. The van der Waals surface area contributed by atoms with Crippen LogP contribution in [0.2, 0.25) is 0 Å². The number of fused-ring (bicyclic) bond motifs is 1. The standard InChI is InChI=1S/C25H22O5S/c1-27-18-9-11-20(28-2)17(14-18)15-30-21-10-8-16(12-22(21)29-3)13-24-25(26)19-6-4-5-7-23(19)31-24/h4-14H,15H2,1-3H3/b24-13-. The minimum Gasteiger partial charge on any atom is -0.497 e. The van der Waals surface area contributed by atoms with Crippen molar-refractivity contribution in [3.05, 3.63) is 82.3 Å². The first kappa shape index (κ1) is 20.9. The Kier molecular flexibility index (Phi) is 6.18. The first-order chi connectivity index (χ1) is 15.1. The van der Waals surface area contributed by atoms with Crippen LogP contribution in [0.3, 0.4) is 0 Å². The fraction of sp³-hybridized carbons (Fsp3) is 0.160. The molecule has 3 aromatic rings. The van der Waals surface area contributed by atoms with Crippen molar-refractivity contribution in [3.8, 4) is 23.0 Å². The molecule has 1 aliphatic rings. The molecule has 3 aromatic carbocycles. The lowest BCUT2D eigenvalue weighted by molar-refractivity contribution is 0.104. The molecule has 0 saturated heterocycles. The number of thioether (sulfide) groups is 1. The summed E-state index contributed by atoms with van der Waals surface area (Å²) in [7, 11) is 4.83. The molecular formula is C25H22O5S. The average molecular weight is 435 g/mol. The summed E-state index contributed by atoms with van der Waals surface area (Å²) in [6.45, 7) is 0.292. The van der Waals surface area contributed by atoms with Crippen LogP contribution in [0.1, 0.15) is 21.5 Å². The normalized spacial score (nSPS) is 13.8. The van der Waals surface area contributed by atoms with Crippen LogP contribution in [0.25, 0.3) is 6.08 Å². The molecular weight excluding hydrogens is 412 g/mol. The van der Waals surface area contributed by atoms with Gasteiger partial charge in [0.05, 0.1) is 26.2 Å². The number of rotatable bonds is 7. The molecule has 1 aliphatic heterocycles. The molecule has 6 heteroatoms. The molecule has 0 spiro atoms. The van der Waals surface area contributed by atoms with E-state index in [2.05, 4.69) is 0 Å². The zero-order chi connectivity index (χ0) is 21.8. The van der Waals surface area contributed by atoms with E-state index >= 15 is 0 Å². The van der Waals surface area contributed by atoms with Gasteiger partial charge < -0.3 is 18.9 Å². The van der Waals surface area contributed by atoms with Crippen LogP contribution in [0, 0.1) is 0 Å². The van der Waals surface area contributed by atoms with Crippen LogP contribution in [-0.4, -0.2) is 27.1 Å². The summed E-state index contributed by atoms with van der Waals surface area (Å²) < 4.78 is 22.2. The lowest BCUT2D eigenvalue weighted by Gasteiger charge is -2.14. The number of ketones is 1. The first-order valence-electron chi connectivity index (χ1n) is 9.68. The van der Waals surface area contributed by atoms with E-state index in [1.54, 1.807) is 21.3 Å². The monoisotopic (exact) mass is 434 g/mol. The Hall–Kier alpha value is -3.38. The molecule has 0 saturated carbocycles. The molecule has 0 N–H and O–H groups in total. The zero-order valence-electron chi connectivity index (χ0n) is 17.5. The smallest absolute Gasteiger partial charge is 0.200 e. The van der Waals surface area contributed by atoms with Gasteiger partial charge in [-0.25, -0.2) is 0 Å². The Morgan fingerprint density at radius 3 is 2.35 bits per heavy atom. The molecule has 0 aromatic heterocycles. The number of ether oxygens (including phenoxy) is 4. The molecule has 0 bridgehead atoms. The summed E-state index contributed by atoms with van der Waals surface area (Å²) in [4.78, 5) is 14.3. The summed E-state index contributed by atoms with van der Waals surface area (Å²) in [6.07, 6.45) is 1.88. The molecule has 0 radical (unpaired) electrons. The van der Waals surface area contributed by atoms with Gasteiger partial charge in [0.2, 0.25) is 5.78 Å². The highest BCUT2D eigenvalue weighted by atomic mass is 32.2. The van der Waals surface area contributed by atoms with Crippen molar-refractivity contribution in [1.82, 2.24) is 0 Å². The molecule has 0 fully saturated rings. The maximum absolute atomic E-state index is 12.6. The second kappa shape index (κ2) is 9.18. The van der Waals surface area contributed by atoms with E-state index in [0.29, 0.717) is 23.0 Å². The number of hydrogen-bond donors (Lipinski definition) is 0. The van der Waals surface area contributed by atoms with Crippen molar-refractivity contribution in [1.29, 1.82) is 0 Å². The number of benzene rings is 3. The number of carbonyl (C=O) groups is 1. The zero-order valence-corrected chi connectivity index (χ0v) is 18.3. The SMILES string of the molecule is COc1ccc(OC)c(COc2ccc(/C=C3\Sc4ccccc4C3=O)cc2OC)c1. The molecule has 0 aliphatic carbocycles. The third-order valence-corrected chi connectivity index (χ3v) is 6.03. The molecule has 158 valence electrons. The quantitative estimate of drug-likeness (QED) is 0.450. The Morgan fingerprint density at radius 1 is 0.839 bits per heavy atom. The van der Waals surface area contributed by atoms with E-state index in [1.165, 1.54) is 11.8 Å². The number of Topliss-reactive ketones (excluding diaryl/α,β-unsaturated/α-hetero) is 1. The number of carbonyl (C=O) groups excluding carboxylic acids is 1. The average Bonchev–Trinajstić information content (AvgIpc) is 3.13. The van der Waals surface area contributed by atoms with Crippen molar-refractivity contribution < 1.29 is 23.7 Å². The first-order valence-corrected chi connectivity index (χ1v) is 10.5. The van der Waals surface area contributed by atoms with Crippen molar-refractivity contribution in [2.45, 2.75) is 11.5 Å². The van der Waals surface area contributed by atoms with Gasteiger partial charge in [0, 0.05) is 16.0 Å². The Balaban J connectivity index is 1.54. The van der Waals surface area contributed by atoms with E-state index in [4.69, 9.17) is 18.9 Å². The molecule has 31 heavy (non-hydrogen) atoms. The molecule has 0 unspecified atom stereocenters. The summed E-state index contributed by atoms with van der Waals surface area (Å²) in [5, 5.41) is 0. The van der Waals surface area contributed by atoms with Crippen molar-refractivity contribution in [2.75, 3.05) is 21.3 Å². The highest BCUT2D eigenvalue weighted by Crippen LogP contribution is 2.41. The van der Waals surface area contributed by atoms with E-state index in [1.807, 2.05) is 66.7 Å². The van der Waals surface area contributed by atoms with E-state index in [0.717, 1.165) is 33.1 Å². The van der Waals surface area contributed by atoms with Gasteiger partial charge in [0.1, 0.15) is 18.1 Å². The van der Waals surface area contributed by atoms with Gasteiger partial charge >= 0.3 is 0 Å². The fourth-order valence-electron chi connectivity index (χ4n) is 3.33. The third kappa shape index (κ3) is 4.39. The molecule has 0 amide bonds. The Labute approximate surface area is 185 Å². The fourth-order valence-corrected chi connectivity index (χ4v) is 4.38. The molecule has 0 atom stereocenters. The van der Waals surface area contributed by atoms with Crippen LogP contribution in [0.5, 0.6) is 23.0 Å². The van der Waals surface area contributed by atoms with E-state index < -0.39 is 0 Å². The maximum atomic E-state index is 12.6. The van der Waals surface area contributed by atoms with Crippen LogP contribution in [0.4, 0.5) is 0 Å². The summed E-state index contributed by atoms with van der Waals surface area (Å²) in [5.74, 6) is 2.68. The summed E-state index contributed by atoms with van der Waals surface area (Å²) in [6, 6.07) is 18.8. The second-order valence-electron chi connectivity index (χ2n) is 6.81. The summed E-state index contributed by atoms with van der Waals surface area (Å²) in [5.41, 5.74) is 2.48. The van der Waals surface area contributed by atoms with E-state index in [9.17, 15) is 4.79 Å². The predicted octanol–water partition coefficient (Wildman–Crippen LogP) is 5.62. The second-order valence-corrected chi connectivity index (χ2v) is 7.90. The predicted molar refractivity (Wildman–Crippen MR) is 121 cm³/mol. The lowest BCUT2D eigenvalue weighted by atomic mass is 10.1. The van der Waals surface area contributed by atoms with Gasteiger partial charge in [-0.05, 0) is 54.1 Å². The summed E-state index contributed by atoms with van der Waals surface area (Å²) >= 11 is 1.49. The lowest BCUT2D eigenvalue weighted by Crippen LogP contribution is -2.01. The molecule has 5 nitrogen and oxygen atoms in total. The van der Waals surface area contributed by atoms with Crippen LogP contribution >= 0.6 is 11.8 Å². The molecule has 4 rings (SSSR count). The number of allylic oxidation sites excluding steroid dienone is 1.